The molecule has 5 nitrogen and oxygen atoms in total. The summed E-state index contributed by atoms with van der Waals surface area (Å²) in [7, 11) is 0. The summed E-state index contributed by atoms with van der Waals surface area (Å²) in [5.41, 5.74) is 0.693. The number of aryl methyl sites for hydroxylation is 1. The Morgan fingerprint density at radius 1 is 1.69 bits per heavy atom. The van der Waals surface area contributed by atoms with Crippen LogP contribution in [0.2, 0.25) is 0 Å². The van der Waals surface area contributed by atoms with Crippen LogP contribution in [0.3, 0.4) is 0 Å². The van der Waals surface area contributed by atoms with Gasteiger partial charge in [-0.15, -0.1) is 11.3 Å². The molecule has 1 aromatic rings. The average Bonchev–Trinajstić information content (AvgIpc) is 2.57. The summed E-state index contributed by atoms with van der Waals surface area (Å²) in [6.07, 6.45) is 0.825. The number of carboxylic acids is 1. The Kier molecular flexibility index (Phi) is 4.07. The van der Waals surface area contributed by atoms with Crippen molar-refractivity contribution < 1.29 is 19.4 Å². The molecule has 0 atom stereocenters. The highest BCUT2D eigenvalue weighted by molar-refractivity contribution is 7.18. The molecular weight excluding hydrogens is 230 g/mol. The average molecular weight is 241 g/mol. The maximum absolute atomic E-state index is 11.2. The van der Waals surface area contributed by atoms with Crippen LogP contribution in [0.5, 0.6) is 0 Å². The molecule has 0 aliphatic carbocycles. The van der Waals surface area contributed by atoms with E-state index >= 15 is 0 Å². The van der Waals surface area contributed by atoms with E-state index in [1.165, 1.54) is 12.1 Å². The molecule has 1 amide bonds. The number of thiophene rings is 1. The number of rotatable bonds is 4. The van der Waals surface area contributed by atoms with E-state index in [2.05, 4.69) is 11.9 Å². The SMILES string of the molecule is C=CCOC(=O)Nc1sc(C(=O)O)cc1C. The number of carboxylic acid groups (broad SMARTS) is 1. The summed E-state index contributed by atoms with van der Waals surface area (Å²) >= 11 is 0.992. The molecule has 2 N–H and O–H groups in total. The molecule has 6 heteroatoms. The Morgan fingerprint density at radius 2 is 2.38 bits per heavy atom. The molecule has 0 aromatic carbocycles. The van der Waals surface area contributed by atoms with Gasteiger partial charge in [0.1, 0.15) is 16.5 Å². The summed E-state index contributed by atoms with van der Waals surface area (Å²) in [4.78, 5) is 22.0. The second kappa shape index (κ2) is 5.32. The molecule has 0 aliphatic rings. The predicted octanol–water partition coefficient (Wildman–Crippen LogP) is 2.49. The van der Waals surface area contributed by atoms with E-state index < -0.39 is 12.1 Å². The van der Waals surface area contributed by atoms with E-state index in [0.29, 0.717) is 10.6 Å². The van der Waals surface area contributed by atoms with Gasteiger partial charge in [-0.2, -0.15) is 0 Å². The highest BCUT2D eigenvalue weighted by Gasteiger charge is 2.13. The van der Waals surface area contributed by atoms with Gasteiger partial charge in [0.05, 0.1) is 0 Å². The zero-order valence-corrected chi connectivity index (χ0v) is 9.47. The second-order valence-corrected chi connectivity index (χ2v) is 3.99. The molecule has 0 bridgehead atoms. The summed E-state index contributed by atoms with van der Waals surface area (Å²) in [5, 5.41) is 11.7. The smallest absolute Gasteiger partial charge is 0.412 e. The fourth-order valence-electron chi connectivity index (χ4n) is 0.975. The molecule has 1 aromatic heterocycles. The molecule has 16 heavy (non-hydrogen) atoms. The summed E-state index contributed by atoms with van der Waals surface area (Å²) in [6.45, 7) is 5.23. The summed E-state index contributed by atoms with van der Waals surface area (Å²) < 4.78 is 4.71. The third-order valence-corrected chi connectivity index (χ3v) is 2.82. The number of anilines is 1. The largest absolute Gasteiger partial charge is 0.477 e. The number of aromatic carboxylic acids is 1. The van der Waals surface area contributed by atoms with E-state index in [1.807, 2.05) is 0 Å². The molecule has 86 valence electrons. The Hall–Kier alpha value is -1.82. The van der Waals surface area contributed by atoms with Crippen molar-refractivity contribution in [3.05, 3.63) is 29.2 Å². The molecule has 1 heterocycles. The van der Waals surface area contributed by atoms with Gasteiger partial charge in [0, 0.05) is 0 Å². The Labute approximate surface area is 96.4 Å². The number of hydrogen-bond donors (Lipinski definition) is 2. The fourth-order valence-corrected chi connectivity index (χ4v) is 1.87. The third-order valence-electron chi connectivity index (χ3n) is 1.68. The third kappa shape index (κ3) is 3.09. The van der Waals surface area contributed by atoms with Gasteiger partial charge < -0.3 is 9.84 Å². The molecule has 0 saturated carbocycles. The summed E-state index contributed by atoms with van der Waals surface area (Å²) in [5.74, 6) is -1.01. The van der Waals surface area contributed by atoms with Crippen molar-refractivity contribution in [3.63, 3.8) is 0 Å². The first-order valence-electron chi connectivity index (χ1n) is 4.43. The van der Waals surface area contributed by atoms with Crippen LogP contribution in [0.15, 0.2) is 18.7 Å². The van der Waals surface area contributed by atoms with Gasteiger partial charge in [0.15, 0.2) is 0 Å². The first-order chi connectivity index (χ1) is 7.54. The lowest BCUT2D eigenvalue weighted by molar-refractivity contribution is 0.0702. The lowest BCUT2D eigenvalue weighted by Gasteiger charge is -2.03. The molecule has 0 unspecified atom stereocenters. The van der Waals surface area contributed by atoms with E-state index in [0.717, 1.165) is 11.3 Å². The van der Waals surface area contributed by atoms with Crippen molar-refractivity contribution in [1.82, 2.24) is 0 Å². The van der Waals surface area contributed by atoms with Crippen LogP contribution in [0.25, 0.3) is 0 Å². The first-order valence-corrected chi connectivity index (χ1v) is 5.24. The van der Waals surface area contributed by atoms with Crippen LogP contribution >= 0.6 is 11.3 Å². The normalized spacial score (nSPS) is 9.56. The lowest BCUT2D eigenvalue weighted by atomic mass is 10.3. The zero-order chi connectivity index (χ0) is 12.1. The quantitative estimate of drug-likeness (QED) is 0.794. The number of carbonyl (C=O) groups excluding carboxylic acids is 1. The van der Waals surface area contributed by atoms with Crippen LogP contribution in [0.1, 0.15) is 15.2 Å². The maximum atomic E-state index is 11.2. The number of nitrogens with one attached hydrogen (secondary N) is 1. The summed E-state index contributed by atoms with van der Waals surface area (Å²) in [6, 6.07) is 1.50. The molecule has 0 aliphatic heterocycles. The van der Waals surface area contributed by atoms with Crippen molar-refractivity contribution in [2.45, 2.75) is 6.92 Å². The van der Waals surface area contributed by atoms with Crippen LogP contribution in [0, 0.1) is 6.92 Å². The monoisotopic (exact) mass is 241 g/mol. The number of hydrogen-bond acceptors (Lipinski definition) is 4. The van der Waals surface area contributed by atoms with E-state index in [4.69, 9.17) is 9.84 Å². The second-order valence-electron chi connectivity index (χ2n) is 2.94. The van der Waals surface area contributed by atoms with Crippen molar-refractivity contribution in [2.24, 2.45) is 0 Å². The minimum Gasteiger partial charge on any atom is -0.477 e. The molecule has 0 saturated heterocycles. The molecule has 1 rings (SSSR count). The Bertz CT molecular complexity index is 424. The van der Waals surface area contributed by atoms with Crippen molar-refractivity contribution >= 4 is 28.4 Å². The van der Waals surface area contributed by atoms with Crippen LogP contribution in [-0.4, -0.2) is 23.8 Å². The Balaban J connectivity index is 2.70. The van der Waals surface area contributed by atoms with Gasteiger partial charge in [-0.3, -0.25) is 5.32 Å². The molecular formula is C10H11NO4S. The van der Waals surface area contributed by atoms with Gasteiger partial charge in [0.2, 0.25) is 0 Å². The van der Waals surface area contributed by atoms with E-state index in [1.54, 1.807) is 6.92 Å². The van der Waals surface area contributed by atoms with Gasteiger partial charge in [-0.05, 0) is 18.6 Å². The minimum atomic E-state index is -1.01. The van der Waals surface area contributed by atoms with Crippen LogP contribution in [0.4, 0.5) is 9.80 Å². The van der Waals surface area contributed by atoms with Gasteiger partial charge in [-0.1, -0.05) is 12.7 Å². The number of carbonyl (C=O) groups is 2. The van der Waals surface area contributed by atoms with Crippen molar-refractivity contribution in [1.29, 1.82) is 0 Å². The number of amides is 1. The fraction of sp³-hybridized carbons (Fsp3) is 0.200. The molecule has 0 fully saturated rings. The van der Waals surface area contributed by atoms with Crippen LogP contribution in [-0.2, 0) is 4.74 Å². The topological polar surface area (TPSA) is 75.6 Å². The molecule has 0 spiro atoms. The lowest BCUT2D eigenvalue weighted by Crippen LogP contribution is -2.13. The molecule has 0 radical (unpaired) electrons. The van der Waals surface area contributed by atoms with Crippen molar-refractivity contribution in [3.8, 4) is 0 Å². The van der Waals surface area contributed by atoms with Gasteiger partial charge in [-0.25, -0.2) is 9.59 Å². The standard InChI is InChI=1S/C10H11NO4S/c1-3-4-15-10(14)11-8-6(2)5-7(16-8)9(12)13/h3,5H,1,4H2,2H3,(H,11,14)(H,12,13). The highest BCUT2D eigenvalue weighted by atomic mass is 32.1. The van der Waals surface area contributed by atoms with Crippen molar-refractivity contribution in [2.75, 3.05) is 11.9 Å². The van der Waals surface area contributed by atoms with Gasteiger partial charge >= 0.3 is 12.1 Å². The van der Waals surface area contributed by atoms with Crippen LogP contribution < -0.4 is 5.32 Å². The Morgan fingerprint density at radius 3 is 2.88 bits per heavy atom. The maximum Gasteiger partial charge on any atom is 0.412 e. The first kappa shape index (κ1) is 12.3. The predicted molar refractivity (Wildman–Crippen MR) is 61.2 cm³/mol. The number of ether oxygens (including phenoxy) is 1. The van der Waals surface area contributed by atoms with Gasteiger partial charge in [0.25, 0.3) is 0 Å². The zero-order valence-electron chi connectivity index (χ0n) is 8.65. The van der Waals surface area contributed by atoms with E-state index in [9.17, 15) is 9.59 Å². The van der Waals surface area contributed by atoms with E-state index in [-0.39, 0.29) is 11.5 Å². The minimum absolute atomic E-state index is 0.113. The highest BCUT2D eigenvalue weighted by Crippen LogP contribution is 2.27.